The molecule has 0 aliphatic carbocycles. The van der Waals surface area contributed by atoms with E-state index in [1.165, 1.54) is 0 Å². The van der Waals surface area contributed by atoms with Gasteiger partial charge in [0.15, 0.2) is 0 Å². The van der Waals surface area contributed by atoms with Gasteiger partial charge < -0.3 is 13.6 Å². The summed E-state index contributed by atoms with van der Waals surface area (Å²) in [5.74, 6) is 0. The smallest absolute Gasteiger partial charge is 0.389 e. The molecule has 1 rings (SSSR count). The van der Waals surface area contributed by atoms with Gasteiger partial charge in [0.05, 0.1) is 6.42 Å². The molecule has 0 aromatic heterocycles. The monoisotopic (exact) mass is 294 g/mol. The third kappa shape index (κ3) is 6.72. The van der Waals surface area contributed by atoms with Crippen LogP contribution in [-0.2, 0) is 14.9 Å². The standard InChI is InChI=1S/C12H17F3O3Si/c1-2-17-19(16,18-9-8-12(13,14)15)10-11-6-4-3-5-7-11/h3-7,16H,2,8-10H2,1H3. The number of hydrogen-bond donors (Lipinski definition) is 1. The van der Waals surface area contributed by atoms with Gasteiger partial charge in [-0.2, -0.15) is 13.2 Å². The molecule has 3 nitrogen and oxygen atoms in total. The van der Waals surface area contributed by atoms with Crippen molar-refractivity contribution in [1.29, 1.82) is 0 Å². The van der Waals surface area contributed by atoms with Crippen molar-refractivity contribution in [2.24, 2.45) is 0 Å². The van der Waals surface area contributed by atoms with Crippen LogP contribution in [0.3, 0.4) is 0 Å². The number of benzene rings is 1. The van der Waals surface area contributed by atoms with Gasteiger partial charge in [0, 0.05) is 19.3 Å². The number of rotatable bonds is 7. The molecule has 0 fully saturated rings. The van der Waals surface area contributed by atoms with Crippen molar-refractivity contribution in [3.63, 3.8) is 0 Å². The van der Waals surface area contributed by atoms with E-state index in [0.29, 0.717) is 0 Å². The van der Waals surface area contributed by atoms with Crippen molar-refractivity contribution in [2.45, 2.75) is 25.6 Å². The van der Waals surface area contributed by atoms with Gasteiger partial charge in [-0.1, -0.05) is 30.3 Å². The van der Waals surface area contributed by atoms with Crippen molar-refractivity contribution in [3.05, 3.63) is 35.9 Å². The average Bonchev–Trinajstić information content (AvgIpc) is 2.28. The zero-order valence-corrected chi connectivity index (χ0v) is 11.6. The molecule has 1 N–H and O–H groups in total. The lowest BCUT2D eigenvalue weighted by molar-refractivity contribution is -0.141. The van der Waals surface area contributed by atoms with E-state index in [2.05, 4.69) is 0 Å². The molecule has 0 aliphatic heterocycles. The first kappa shape index (κ1) is 16.2. The zero-order chi connectivity index (χ0) is 14.4. The minimum atomic E-state index is -4.30. The minimum absolute atomic E-state index is 0.111. The largest absolute Gasteiger partial charge is 0.502 e. The summed E-state index contributed by atoms with van der Waals surface area (Å²) in [4.78, 5) is 10.2. The first-order chi connectivity index (χ1) is 8.85. The van der Waals surface area contributed by atoms with Crippen molar-refractivity contribution < 1.29 is 26.8 Å². The van der Waals surface area contributed by atoms with Crippen molar-refractivity contribution in [3.8, 4) is 0 Å². The van der Waals surface area contributed by atoms with Crippen LogP contribution in [0.4, 0.5) is 13.2 Å². The van der Waals surface area contributed by atoms with Crippen molar-refractivity contribution >= 4 is 8.80 Å². The normalized spacial score (nSPS) is 15.2. The molecular formula is C12H17F3O3Si. The fraction of sp³-hybridized carbons (Fsp3) is 0.500. The fourth-order valence-corrected chi connectivity index (χ4v) is 3.46. The van der Waals surface area contributed by atoms with Crippen LogP contribution in [0, 0.1) is 0 Å². The molecule has 1 unspecified atom stereocenters. The van der Waals surface area contributed by atoms with Crippen LogP contribution in [0.1, 0.15) is 18.9 Å². The van der Waals surface area contributed by atoms with Crippen LogP contribution in [0.2, 0.25) is 0 Å². The molecule has 0 bridgehead atoms. The van der Waals surface area contributed by atoms with Gasteiger partial charge in [-0.15, -0.1) is 0 Å². The Labute approximate surface area is 111 Å². The van der Waals surface area contributed by atoms with Gasteiger partial charge >= 0.3 is 15.0 Å². The average molecular weight is 294 g/mol. The number of alkyl halides is 3. The molecule has 108 valence electrons. The Morgan fingerprint density at radius 3 is 2.32 bits per heavy atom. The summed E-state index contributed by atoms with van der Waals surface area (Å²) in [6, 6.07) is 9.03. The molecule has 0 aliphatic rings. The van der Waals surface area contributed by atoms with E-state index in [1.54, 1.807) is 31.2 Å². The maximum absolute atomic E-state index is 12.1. The summed E-state index contributed by atoms with van der Waals surface area (Å²) >= 11 is 0. The van der Waals surface area contributed by atoms with Crippen molar-refractivity contribution in [2.75, 3.05) is 13.2 Å². The lowest BCUT2D eigenvalue weighted by Gasteiger charge is -2.24. The van der Waals surface area contributed by atoms with Crippen LogP contribution in [0.15, 0.2) is 30.3 Å². The molecule has 0 saturated heterocycles. The van der Waals surface area contributed by atoms with Crippen LogP contribution >= 0.6 is 0 Å². The quantitative estimate of drug-likeness (QED) is 0.786. The molecule has 7 heteroatoms. The molecule has 1 aromatic carbocycles. The maximum atomic E-state index is 12.1. The van der Waals surface area contributed by atoms with Crippen LogP contribution in [0.5, 0.6) is 0 Å². The Balaban J connectivity index is 2.58. The lowest BCUT2D eigenvalue weighted by atomic mass is 10.2. The molecule has 1 atom stereocenters. The second kappa shape index (κ2) is 7.04. The summed E-state index contributed by atoms with van der Waals surface area (Å²) in [6.07, 6.45) is -5.39. The van der Waals surface area contributed by atoms with Crippen LogP contribution in [-0.4, -0.2) is 33.0 Å². The molecule has 1 aromatic rings. The molecule has 0 amide bonds. The molecule has 0 saturated carbocycles. The van der Waals surface area contributed by atoms with Gasteiger partial charge in [-0.3, -0.25) is 0 Å². The molecule has 19 heavy (non-hydrogen) atoms. The molecule has 0 spiro atoms. The topological polar surface area (TPSA) is 38.7 Å². The van der Waals surface area contributed by atoms with Gasteiger partial charge in [-0.05, 0) is 12.5 Å². The first-order valence-electron chi connectivity index (χ1n) is 5.95. The van der Waals surface area contributed by atoms with Crippen LogP contribution < -0.4 is 0 Å². The highest BCUT2D eigenvalue weighted by atomic mass is 28.4. The molecule has 0 radical (unpaired) electrons. The predicted molar refractivity (Wildman–Crippen MR) is 66.4 cm³/mol. The Hall–Kier alpha value is -0.893. The summed E-state index contributed by atoms with van der Waals surface area (Å²) in [5, 5.41) is 0. The lowest BCUT2D eigenvalue weighted by Crippen LogP contribution is -2.46. The Bertz CT molecular complexity index is 372. The van der Waals surface area contributed by atoms with E-state index >= 15 is 0 Å². The highest BCUT2D eigenvalue weighted by Crippen LogP contribution is 2.21. The third-order valence-corrected chi connectivity index (χ3v) is 4.60. The van der Waals surface area contributed by atoms with Crippen LogP contribution in [0.25, 0.3) is 0 Å². The fourth-order valence-electron chi connectivity index (χ4n) is 1.55. The second-order valence-electron chi connectivity index (χ2n) is 4.02. The van der Waals surface area contributed by atoms with E-state index < -0.39 is 28.0 Å². The summed E-state index contributed by atoms with van der Waals surface area (Å²) in [6.45, 7) is 1.27. The Kier molecular flexibility index (Phi) is 5.99. The Morgan fingerprint density at radius 1 is 1.16 bits per heavy atom. The van der Waals surface area contributed by atoms with E-state index in [9.17, 15) is 18.0 Å². The predicted octanol–water partition coefficient (Wildman–Crippen LogP) is 2.71. The summed E-state index contributed by atoms with van der Waals surface area (Å²) in [7, 11) is -3.59. The number of hydrogen-bond acceptors (Lipinski definition) is 3. The van der Waals surface area contributed by atoms with Gasteiger partial charge in [0.25, 0.3) is 0 Å². The maximum Gasteiger partial charge on any atom is 0.502 e. The van der Waals surface area contributed by atoms with Crippen molar-refractivity contribution in [1.82, 2.24) is 0 Å². The molecular weight excluding hydrogens is 277 g/mol. The minimum Gasteiger partial charge on any atom is -0.389 e. The highest BCUT2D eigenvalue weighted by molar-refractivity contribution is 6.58. The van der Waals surface area contributed by atoms with Gasteiger partial charge in [0.2, 0.25) is 0 Å². The second-order valence-corrected chi connectivity index (χ2v) is 6.38. The third-order valence-electron chi connectivity index (χ3n) is 2.35. The van der Waals surface area contributed by atoms with E-state index in [0.717, 1.165) is 5.56 Å². The Morgan fingerprint density at radius 2 is 1.79 bits per heavy atom. The molecule has 0 heterocycles. The first-order valence-corrected chi connectivity index (χ1v) is 7.93. The van der Waals surface area contributed by atoms with Gasteiger partial charge in [-0.25, -0.2) is 0 Å². The van der Waals surface area contributed by atoms with E-state index in [1.807, 2.05) is 6.07 Å². The van der Waals surface area contributed by atoms with E-state index in [-0.39, 0.29) is 12.7 Å². The highest BCUT2D eigenvalue weighted by Gasteiger charge is 2.38. The van der Waals surface area contributed by atoms with E-state index in [4.69, 9.17) is 8.85 Å². The number of halogens is 3. The SMILES string of the molecule is CCO[Si](O)(Cc1ccccc1)OCCC(F)(F)F. The summed E-state index contributed by atoms with van der Waals surface area (Å²) in [5.41, 5.74) is 0.775. The summed E-state index contributed by atoms with van der Waals surface area (Å²) < 4.78 is 46.3. The van der Waals surface area contributed by atoms with Gasteiger partial charge in [0.1, 0.15) is 0 Å². The zero-order valence-electron chi connectivity index (χ0n) is 10.6.